The maximum atomic E-state index is 10.2. The van der Waals surface area contributed by atoms with E-state index in [1.807, 2.05) is 0 Å². The smallest absolute Gasteiger partial charge is 0.313 e. The molecule has 0 aliphatic rings. The van der Waals surface area contributed by atoms with Crippen molar-refractivity contribution in [3.05, 3.63) is 0 Å². The van der Waals surface area contributed by atoms with Crippen LogP contribution in [-0.4, -0.2) is 16.9 Å². The number of carbonyl (C=O) groups is 2. The van der Waals surface area contributed by atoms with E-state index in [4.69, 9.17) is 5.11 Å². The third kappa shape index (κ3) is 4.18. The zero-order valence-electron chi connectivity index (χ0n) is 5.14. The fourth-order valence-corrected chi connectivity index (χ4v) is 0.174. The second-order valence-electron chi connectivity index (χ2n) is 1.67. The van der Waals surface area contributed by atoms with E-state index in [-0.39, 0.29) is 22.9 Å². The van der Waals surface area contributed by atoms with Crippen LogP contribution in [0.2, 0.25) is 0 Å². The van der Waals surface area contributed by atoms with E-state index in [1.165, 1.54) is 13.8 Å². The molecule has 1 unspecified atom stereocenters. The number of carbonyl (C=O) groups excluding carboxylic acids is 1. The van der Waals surface area contributed by atoms with Gasteiger partial charge in [-0.2, -0.15) is 0 Å². The summed E-state index contributed by atoms with van der Waals surface area (Å²) in [4.78, 5) is 20.1. The minimum Gasteiger partial charge on any atom is -0.481 e. The second kappa shape index (κ2) is 4.53. The zero-order chi connectivity index (χ0) is 6.73. The largest absolute Gasteiger partial charge is 0.481 e. The molecule has 0 aliphatic carbocycles. The molecule has 0 spiro atoms. The van der Waals surface area contributed by atoms with Crippen molar-refractivity contribution in [2.45, 2.75) is 13.8 Å². The van der Waals surface area contributed by atoms with E-state index in [0.717, 1.165) is 0 Å². The number of carboxylic acids is 1. The molecule has 0 saturated heterocycles. The molecule has 0 aromatic carbocycles. The summed E-state index contributed by atoms with van der Waals surface area (Å²) in [6.07, 6.45) is 0. The van der Waals surface area contributed by atoms with E-state index in [9.17, 15) is 9.59 Å². The third-order valence-corrected chi connectivity index (χ3v) is 0.980. The van der Waals surface area contributed by atoms with Crippen LogP contribution < -0.4 is 0 Å². The van der Waals surface area contributed by atoms with Crippen LogP contribution in [0, 0.1) is 5.92 Å². The van der Waals surface area contributed by atoms with Crippen molar-refractivity contribution in [1.29, 1.82) is 0 Å². The first-order valence-corrected chi connectivity index (χ1v) is 2.29. The standard InChI is InChI=1S/C5H8O3.Cu/c1-3(4(2)6)5(7)8;/h3H,1-2H3,(H,7,8);. The zero-order valence-corrected chi connectivity index (χ0v) is 6.08. The molecule has 0 amide bonds. The summed E-state index contributed by atoms with van der Waals surface area (Å²) in [6.45, 7) is 2.63. The molecule has 0 aliphatic heterocycles. The van der Waals surface area contributed by atoms with E-state index in [1.54, 1.807) is 0 Å². The summed E-state index contributed by atoms with van der Waals surface area (Å²) < 4.78 is 0. The van der Waals surface area contributed by atoms with Crippen LogP contribution in [0.3, 0.4) is 0 Å². The molecule has 0 saturated carbocycles. The summed E-state index contributed by atoms with van der Waals surface area (Å²) in [7, 11) is 0. The van der Waals surface area contributed by atoms with Crippen LogP contribution in [0.4, 0.5) is 0 Å². The fourth-order valence-electron chi connectivity index (χ4n) is 0.174. The molecule has 9 heavy (non-hydrogen) atoms. The van der Waals surface area contributed by atoms with Crippen LogP contribution in [0.1, 0.15) is 13.8 Å². The summed E-state index contributed by atoms with van der Waals surface area (Å²) >= 11 is 0. The van der Waals surface area contributed by atoms with E-state index in [0.29, 0.717) is 0 Å². The molecule has 1 N–H and O–H groups in total. The Kier molecular flexibility index (Phi) is 5.77. The molecule has 0 rings (SSSR count). The predicted octanol–water partition coefficient (Wildman–Crippen LogP) is 0.294. The summed E-state index contributed by atoms with van der Waals surface area (Å²) in [5, 5.41) is 8.13. The SMILES string of the molecule is CC(=O)C(C)C(=O)O.[Cu]. The van der Waals surface area contributed by atoms with Gasteiger partial charge in [-0.3, -0.25) is 9.59 Å². The van der Waals surface area contributed by atoms with Crippen molar-refractivity contribution >= 4 is 11.8 Å². The first kappa shape index (κ1) is 11.5. The number of carboxylic acid groups (broad SMARTS) is 1. The Balaban J connectivity index is 0. The monoisotopic (exact) mass is 179 g/mol. The number of hydrogen-bond donors (Lipinski definition) is 1. The predicted molar refractivity (Wildman–Crippen MR) is 27.5 cm³/mol. The fraction of sp³-hybridized carbons (Fsp3) is 0.600. The molecule has 4 heteroatoms. The quantitative estimate of drug-likeness (QED) is 0.490. The Morgan fingerprint density at radius 3 is 1.78 bits per heavy atom. The van der Waals surface area contributed by atoms with E-state index < -0.39 is 11.9 Å². The Bertz CT molecular complexity index is 107. The van der Waals surface area contributed by atoms with E-state index >= 15 is 0 Å². The van der Waals surface area contributed by atoms with Gasteiger partial charge in [-0.15, -0.1) is 0 Å². The third-order valence-electron chi connectivity index (χ3n) is 0.980. The maximum absolute atomic E-state index is 10.2. The topological polar surface area (TPSA) is 54.4 Å². The van der Waals surface area contributed by atoms with Crippen molar-refractivity contribution < 1.29 is 31.8 Å². The number of aliphatic carboxylic acids is 1. The van der Waals surface area contributed by atoms with Crippen molar-refractivity contribution in [3.8, 4) is 0 Å². The van der Waals surface area contributed by atoms with Gasteiger partial charge in [0.2, 0.25) is 0 Å². The van der Waals surface area contributed by atoms with Crippen molar-refractivity contribution in [1.82, 2.24) is 0 Å². The average molecular weight is 180 g/mol. The van der Waals surface area contributed by atoms with Gasteiger partial charge in [-0.25, -0.2) is 0 Å². The molecular formula is C5H8CuO3. The first-order chi connectivity index (χ1) is 3.55. The van der Waals surface area contributed by atoms with Crippen LogP contribution in [0.15, 0.2) is 0 Å². The van der Waals surface area contributed by atoms with Gasteiger partial charge < -0.3 is 5.11 Å². The molecule has 57 valence electrons. The first-order valence-electron chi connectivity index (χ1n) is 2.29. The molecule has 0 aromatic heterocycles. The van der Waals surface area contributed by atoms with Crippen molar-refractivity contribution in [3.63, 3.8) is 0 Å². The average Bonchev–Trinajstić information content (AvgIpc) is 1.64. The van der Waals surface area contributed by atoms with Crippen LogP contribution in [-0.2, 0) is 26.7 Å². The summed E-state index contributed by atoms with van der Waals surface area (Å²) in [6, 6.07) is 0. The second-order valence-corrected chi connectivity index (χ2v) is 1.67. The van der Waals surface area contributed by atoms with Crippen molar-refractivity contribution in [2.24, 2.45) is 5.92 Å². The number of ketones is 1. The molecule has 3 nitrogen and oxygen atoms in total. The van der Waals surface area contributed by atoms with Gasteiger partial charge >= 0.3 is 5.97 Å². The van der Waals surface area contributed by atoms with Crippen molar-refractivity contribution in [2.75, 3.05) is 0 Å². The molecule has 0 fully saturated rings. The molecule has 0 bridgehead atoms. The Hall–Kier alpha value is -0.341. The van der Waals surface area contributed by atoms with Gasteiger partial charge in [-0.05, 0) is 13.8 Å². The minimum absolute atomic E-state index is 0. The van der Waals surface area contributed by atoms with Crippen LogP contribution in [0.5, 0.6) is 0 Å². The number of hydrogen-bond acceptors (Lipinski definition) is 2. The summed E-state index contributed by atoms with van der Waals surface area (Å²) in [5.41, 5.74) is 0. The molecule has 0 aromatic rings. The molecule has 0 heterocycles. The number of rotatable bonds is 2. The number of Topliss-reactive ketones (excluding diaryl/α,β-unsaturated/α-hetero) is 1. The Labute approximate surface area is 63.9 Å². The van der Waals surface area contributed by atoms with Crippen LogP contribution >= 0.6 is 0 Å². The molecule has 1 atom stereocenters. The maximum Gasteiger partial charge on any atom is 0.313 e. The van der Waals surface area contributed by atoms with Gasteiger partial charge in [0.05, 0.1) is 0 Å². The van der Waals surface area contributed by atoms with Gasteiger partial charge in [0, 0.05) is 17.1 Å². The normalized spacial score (nSPS) is 11.3. The Morgan fingerprint density at radius 1 is 1.44 bits per heavy atom. The molecular weight excluding hydrogens is 172 g/mol. The molecule has 1 radical (unpaired) electrons. The van der Waals surface area contributed by atoms with E-state index in [2.05, 4.69) is 0 Å². The van der Waals surface area contributed by atoms with Gasteiger partial charge in [0.1, 0.15) is 11.7 Å². The summed E-state index contributed by atoms with van der Waals surface area (Å²) in [5.74, 6) is -2.22. The van der Waals surface area contributed by atoms with Gasteiger partial charge in [0.25, 0.3) is 0 Å². The Morgan fingerprint density at radius 2 is 1.78 bits per heavy atom. The van der Waals surface area contributed by atoms with Crippen LogP contribution in [0.25, 0.3) is 0 Å². The van der Waals surface area contributed by atoms with Gasteiger partial charge in [-0.1, -0.05) is 0 Å². The minimum atomic E-state index is -1.06. The van der Waals surface area contributed by atoms with Gasteiger partial charge in [0.15, 0.2) is 0 Å².